The van der Waals surface area contributed by atoms with Crippen molar-refractivity contribution in [3.8, 4) is 5.75 Å². The summed E-state index contributed by atoms with van der Waals surface area (Å²) in [7, 11) is 0. The Morgan fingerprint density at radius 1 is 1.21 bits per heavy atom. The second-order valence-corrected chi connectivity index (χ2v) is 5.83. The number of ether oxygens (including phenoxy) is 1. The number of anilines is 2. The van der Waals surface area contributed by atoms with Gasteiger partial charge in [0, 0.05) is 18.1 Å². The molecule has 1 heterocycles. The number of aromatic nitrogens is 1. The van der Waals surface area contributed by atoms with E-state index in [9.17, 15) is 4.79 Å². The number of amides is 1. The van der Waals surface area contributed by atoms with E-state index in [0.29, 0.717) is 21.6 Å². The Hall–Kier alpha value is -1.98. The van der Waals surface area contributed by atoms with Crippen LogP contribution in [0.25, 0.3) is 0 Å². The zero-order chi connectivity index (χ0) is 17.5. The van der Waals surface area contributed by atoms with Crippen molar-refractivity contribution in [1.29, 1.82) is 0 Å². The lowest BCUT2D eigenvalue weighted by Gasteiger charge is -2.20. The maximum Gasteiger partial charge on any atom is 0.263 e. The molecule has 2 aromatic rings. The first kappa shape index (κ1) is 18.4. The molecule has 0 spiro atoms. The fourth-order valence-corrected chi connectivity index (χ4v) is 2.61. The Kier molecular flexibility index (Phi) is 6.70. The molecule has 128 valence electrons. The van der Waals surface area contributed by atoms with E-state index in [1.54, 1.807) is 30.5 Å². The molecule has 0 aliphatic carbocycles. The van der Waals surface area contributed by atoms with Crippen LogP contribution in [0.1, 0.15) is 13.8 Å². The van der Waals surface area contributed by atoms with E-state index in [0.717, 1.165) is 18.8 Å². The van der Waals surface area contributed by atoms with Crippen molar-refractivity contribution in [2.24, 2.45) is 0 Å². The summed E-state index contributed by atoms with van der Waals surface area (Å²) in [5.41, 5.74) is 1.02. The SMILES string of the molecule is CCN(CC)c1ccc(NC(=O)COc2ccc(Cl)cc2Cl)nc1. The van der Waals surface area contributed by atoms with Crippen molar-refractivity contribution in [3.05, 3.63) is 46.6 Å². The van der Waals surface area contributed by atoms with E-state index in [1.165, 1.54) is 0 Å². The molecule has 0 saturated carbocycles. The van der Waals surface area contributed by atoms with Crippen LogP contribution in [-0.2, 0) is 4.79 Å². The molecule has 0 aliphatic heterocycles. The molecule has 1 N–H and O–H groups in total. The van der Waals surface area contributed by atoms with Gasteiger partial charge in [-0.25, -0.2) is 4.98 Å². The van der Waals surface area contributed by atoms with E-state index in [-0.39, 0.29) is 12.5 Å². The smallest absolute Gasteiger partial charge is 0.263 e. The number of nitrogens with zero attached hydrogens (tertiary/aromatic N) is 2. The first-order valence-corrected chi connectivity index (χ1v) is 8.37. The Labute approximate surface area is 151 Å². The van der Waals surface area contributed by atoms with Crippen LogP contribution in [0, 0.1) is 0 Å². The van der Waals surface area contributed by atoms with Gasteiger partial charge in [-0.1, -0.05) is 23.2 Å². The van der Waals surface area contributed by atoms with E-state index in [2.05, 4.69) is 29.0 Å². The summed E-state index contributed by atoms with van der Waals surface area (Å²) in [5, 5.41) is 3.55. The minimum absolute atomic E-state index is 0.166. The van der Waals surface area contributed by atoms with E-state index >= 15 is 0 Å². The van der Waals surface area contributed by atoms with Gasteiger partial charge in [0.2, 0.25) is 0 Å². The van der Waals surface area contributed by atoms with Crippen LogP contribution in [0.4, 0.5) is 11.5 Å². The van der Waals surface area contributed by atoms with Crippen LogP contribution in [0.3, 0.4) is 0 Å². The largest absolute Gasteiger partial charge is 0.482 e. The first-order valence-electron chi connectivity index (χ1n) is 7.62. The maximum absolute atomic E-state index is 11.9. The molecule has 0 unspecified atom stereocenters. The summed E-state index contributed by atoms with van der Waals surface area (Å²) in [6.07, 6.45) is 1.74. The number of hydrogen-bond donors (Lipinski definition) is 1. The molecule has 0 atom stereocenters. The fraction of sp³-hybridized carbons (Fsp3) is 0.294. The van der Waals surface area contributed by atoms with Crippen LogP contribution >= 0.6 is 23.2 Å². The maximum atomic E-state index is 11.9. The number of carbonyl (C=O) groups is 1. The molecular weight excluding hydrogens is 349 g/mol. The minimum atomic E-state index is -0.316. The Morgan fingerprint density at radius 2 is 1.96 bits per heavy atom. The second-order valence-electron chi connectivity index (χ2n) is 4.99. The van der Waals surface area contributed by atoms with Gasteiger partial charge in [0.1, 0.15) is 11.6 Å². The van der Waals surface area contributed by atoms with Gasteiger partial charge in [0.25, 0.3) is 5.91 Å². The lowest BCUT2D eigenvalue weighted by Crippen LogP contribution is -2.23. The van der Waals surface area contributed by atoms with Crippen LogP contribution < -0.4 is 15.0 Å². The molecule has 5 nitrogen and oxygen atoms in total. The molecule has 0 fully saturated rings. The molecule has 1 aromatic carbocycles. The quantitative estimate of drug-likeness (QED) is 0.794. The summed E-state index contributed by atoms with van der Waals surface area (Å²) in [6.45, 7) is 5.80. The highest BCUT2D eigenvalue weighted by atomic mass is 35.5. The average Bonchev–Trinajstić information content (AvgIpc) is 2.56. The van der Waals surface area contributed by atoms with Crippen molar-refractivity contribution in [2.45, 2.75) is 13.8 Å². The van der Waals surface area contributed by atoms with Crippen LogP contribution in [-0.4, -0.2) is 30.6 Å². The van der Waals surface area contributed by atoms with Gasteiger partial charge in [-0.15, -0.1) is 0 Å². The van der Waals surface area contributed by atoms with Crippen LogP contribution in [0.2, 0.25) is 10.0 Å². The third-order valence-electron chi connectivity index (χ3n) is 3.40. The highest BCUT2D eigenvalue weighted by Crippen LogP contribution is 2.27. The normalized spacial score (nSPS) is 10.3. The number of carbonyl (C=O) groups excluding carboxylic acids is 1. The van der Waals surface area contributed by atoms with Crippen LogP contribution in [0.5, 0.6) is 5.75 Å². The molecule has 24 heavy (non-hydrogen) atoms. The third-order valence-corrected chi connectivity index (χ3v) is 3.93. The van der Waals surface area contributed by atoms with E-state index in [1.807, 2.05) is 6.07 Å². The topological polar surface area (TPSA) is 54.5 Å². The number of hydrogen-bond acceptors (Lipinski definition) is 4. The minimum Gasteiger partial charge on any atom is -0.482 e. The highest BCUT2D eigenvalue weighted by molar-refractivity contribution is 6.35. The van der Waals surface area contributed by atoms with Gasteiger partial charge in [0.05, 0.1) is 16.9 Å². The lowest BCUT2D eigenvalue weighted by atomic mass is 10.3. The molecule has 1 amide bonds. The summed E-state index contributed by atoms with van der Waals surface area (Å²) in [4.78, 5) is 18.4. The van der Waals surface area contributed by atoms with Gasteiger partial charge in [-0.2, -0.15) is 0 Å². The summed E-state index contributed by atoms with van der Waals surface area (Å²) >= 11 is 11.8. The number of nitrogens with one attached hydrogen (secondary N) is 1. The third kappa shape index (κ3) is 5.01. The molecule has 1 aromatic heterocycles. The monoisotopic (exact) mass is 367 g/mol. The molecule has 0 radical (unpaired) electrons. The highest BCUT2D eigenvalue weighted by Gasteiger charge is 2.08. The van der Waals surface area contributed by atoms with Crippen molar-refractivity contribution in [1.82, 2.24) is 4.98 Å². The number of halogens is 2. The zero-order valence-corrected chi connectivity index (χ0v) is 15.1. The summed E-state index contributed by atoms with van der Waals surface area (Å²) in [5.74, 6) is 0.562. The number of benzene rings is 1. The molecule has 0 saturated heterocycles. The molecular formula is C17H19Cl2N3O2. The van der Waals surface area contributed by atoms with Gasteiger partial charge in [-0.3, -0.25) is 4.79 Å². The Bertz CT molecular complexity index is 689. The van der Waals surface area contributed by atoms with Gasteiger partial charge >= 0.3 is 0 Å². The van der Waals surface area contributed by atoms with Crippen molar-refractivity contribution >= 4 is 40.6 Å². The predicted octanol–water partition coefficient (Wildman–Crippen LogP) is 4.25. The molecule has 7 heteroatoms. The molecule has 0 aliphatic rings. The summed E-state index contributed by atoms with van der Waals surface area (Å²) < 4.78 is 5.38. The Balaban J connectivity index is 1.90. The zero-order valence-electron chi connectivity index (χ0n) is 13.6. The Morgan fingerprint density at radius 3 is 2.54 bits per heavy atom. The van der Waals surface area contributed by atoms with Gasteiger partial charge in [-0.05, 0) is 44.2 Å². The predicted molar refractivity (Wildman–Crippen MR) is 98.4 cm³/mol. The summed E-state index contributed by atoms with van der Waals surface area (Å²) in [6, 6.07) is 8.51. The number of rotatable bonds is 7. The lowest BCUT2D eigenvalue weighted by molar-refractivity contribution is -0.118. The first-order chi connectivity index (χ1) is 11.5. The van der Waals surface area contributed by atoms with E-state index < -0.39 is 0 Å². The van der Waals surface area contributed by atoms with Crippen molar-refractivity contribution < 1.29 is 9.53 Å². The molecule has 2 rings (SSSR count). The number of pyridine rings is 1. The fourth-order valence-electron chi connectivity index (χ4n) is 2.15. The van der Waals surface area contributed by atoms with Gasteiger partial charge in [0.15, 0.2) is 6.61 Å². The van der Waals surface area contributed by atoms with Crippen molar-refractivity contribution in [2.75, 3.05) is 29.9 Å². The van der Waals surface area contributed by atoms with Gasteiger partial charge < -0.3 is 15.0 Å². The second kappa shape index (κ2) is 8.76. The average molecular weight is 368 g/mol. The van der Waals surface area contributed by atoms with Crippen LogP contribution in [0.15, 0.2) is 36.5 Å². The standard InChI is InChI=1S/C17H19Cl2N3O2/c1-3-22(4-2)13-6-8-16(20-10-13)21-17(23)11-24-15-7-5-12(18)9-14(15)19/h5-10H,3-4,11H2,1-2H3,(H,20,21,23). The van der Waals surface area contributed by atoms with Crippen molar-refractivity contribution in [3.63, 3.8) is 0 Å². The van der Waals surface area contributed by atoms with E-state index in [4.69, 9.17) is 27.9 Å². The molecule has 0 bridgehead atoms.